The Morgan fingerprint density at radius 1 is 1.55 bits per heavy atom. The third-order valence-corrected chi connectivity index (χ3v) is 4.23. The van der Waals surface area contributed by atoms with Crippen LogP contribution in [0.25, 0.3) is 0 Å². The van der Waals surface area contributed by atoms with Crippen LogP contribution in [0.5, 0.6) is 0 Å². The highest BCUT2D eigenvalue weighted by atomic mass is 16.5. The summed E-state index contributed by atoms with van der Waals surface area (Å²) < 4.78 is 8.03. The van der Waals surface area contributed by atoms with Crippen LogP contribution in [0.15, 0.2) is 6.20 Å². The molecule has 1 unspecified atom stereocenters. The molecular weight excluding hydrogens is 254 g/mol. The fourth-order valence-electron chi connectivity index (χ4n) is 3.20. The van der Waals surface area contributed by atoms with Crippen molar-refractivity contribution in [1.82, 2.24) is 14.9 Å². The van der Waals surface area contributed by atoms with Crippen molar-refractivity contribution in [3.63, 3.8) is 0 Å². The molecule has 0 saturated carbocycles. The number of amides is 1. The minimum Gasteiger partial charge on any atom is -0.371 e. The van der Waals surface area contributed by atoms with Crippen LogP contribution < -0.4 is 5.32 Å². The molecule has 0 bridgehead atoms. The lowest BCUT2D eigenvalue weighted by Gasteiger charge is -2.36. The SMILES string of the molecule is CC1(C)CCCC(CNC(=O)c2cnc3n2CCC3)O1. The quantitative estimate of drug-likeness (QED) is 0.918. The molecule has 0 aromatic carbocycles. The maximum absolute atomic E-state index is 12.2. The van der Waals surface area contributed by atoms with Gasteiger partial charge in [-0.05, 0) is 39.5 Å². The summed E-state index contributed by atoms with van der Waals surface area (Å²) in [6.07, 6.45) is 7.16. The van der Waals surface area contributed by atoms with Gasteiger partial charge in [0.15, 0.2) is 0 Å². The number of ether oxygens (including phenoxy) is 1. The van der Waals surface area contributed by atoms with E-state index in [1.54, 1.807) is 6.20 Å². The lowest BCUT2D eigenvalue weighted by atomic mass is 9.95. The molecule has 1 atom stereocenters. The number of hydrogen-bond donors (Lipinski definition) is 1. The molecule has 2 aliphatic rings. The molecule has 110 valence electrons. The van der Waals surface area contributed by atoms with E-state index in [9.17, 15) is 4.79 Å². The van der Waals surface area contributed by atoms with Gasteiger partial charge in [-0.1, -0.05) is 0 Å². The summed E-state index contributed by atoms with van der Waals surface area (Å²) in [7, 11) is 0. The van der Waals surface area contributed by atoms with Crippen LogP contribution in [0.1, 0.15) is 55.8 Å². The number of aromatic nitrogens is 2. The Balaban J connectivity index is 1.57. The smallest absolute Gasteiger partial charge is 0.269 e. The summed E-state index contributed by atoms with van der Waals surface area (Å²) in [6.45, 7) is 5.73. The molecule has 1 amide bonds. The van der Waals surface area contributed by atoms with Crippen molar-refractivity contribution in [2.24, 2.45) is 0 Å². The van der Waals surface area contributed by atoms with Gasteiger partial charge < -0.3 is 14.6 Å². The number of imidazole rings is 1. The third-order valence-electron chi connectivity index (χ3n) is 4.23. The van der Waals surface area contributed by atoms with E-state index < -0.39 is 0 Å². The van der Waals surface area contributed by atoms with Gasteiger partial charge in [0.2, 0.25) is 0 Å². The van der Waals surface area contributed by atoms with Gasteiger partial charge in [0, 0.05) is 19.5 Å². The van der Waals surface area contributed by atoms with Crippen LogP contribution in [-0.2, 0) is 17.7 Å². The minimum absolute atomic E-state index is 0.0300. The van der Waals surface area contributed by atoms with Crippen molar-refractivity contribution < 1.29 is 9.53 Å². The topological polar surface area (TPSA) is 56.2 Å². The molecule has 1 aromatic rings. The van der Waals surface area contributed by atoms with Gasteiger partial charge in [-0.2, -0.15) is 0 Å². The van der Waals surface area contributed by atoms with E-state index in [2.05, 4.69) is 24.1 Å². The third kappa shape index (κ3) is 2.73. The molecule has 1 aromatic heterocycles. The molecule has 1 saturated heterocycles. The van der Waals surface area contributed by atoms with Gasteiger partial charge in [-0.25, -0.2) is 4.98 Å². The van der Waals surface area contributed by atoms with Crippen molar-refractivity contribution >= 4 is 5.91 Å². The van der Waals surface area contributed by atoms with E-state index in [1.807, 2.05) is 4.57 Å². The van der Waals surface area contributed by atoms with Gasteiger partial charge in [0.05, 0.1) is 17.9 Å². The molecule has 1 fully saturated rings. The van der Waals surface area contributed by atoms with Crippen molar-refractivity contribution in [3.05, 3.63) is 17.7 Å². The molecule has 5 nitrogen and oxygen atoms in total. The first kappa shape index (κ1) is 13.6. The van der Waals surface area contributed by atoms with E-state index in [0.29, 0.717) is 12.2 Å². The molecule has 5 heteroatoms. The highest BCUT2D eigenvalue weighted by Gasteiger charge is 2.29. The molecule has 2 aliphatic heterocycles. The lowest BCUT2D eigenvalue weighted by Crippen LogP contribution is -2.42. The standard InChI is InChI=1S/C15H23N3O2/c1-15(2)7-3-5-11(20-15)9-17-14(19)12-10-16-13-6-4-8-18(12)13/h10-11H,3-9H2,1-2H3,(H,17,19). The lowest BCUT2D eigenvalue weighted by molar-refractivity contribution is -0.104. The molecule has 0 radical (unpaired) electrons. The fourth-order valence-corrected chi connectivity index (χ4v) is 3.20. The zero-order chi connectivity index (χ0) is 14.2. The van der Waals surface area contributed by atoms with Crippen molar-refractivity contribution in [1.29, 1.82) is 0 Å². The van der Waals surface area contributed by atoms with Crippen molar-refractivity contribution in [2.45, 2.75) is 64.2 Å². The Morgan fingerprint density at radius 2 is 2.40 bits per heavy atom. The zero-order valence-electron chi connectivity index (χ0n) is 12.3. The van der Waals surface area contributed by atoms with Gasteiger partial charge >= 0.3 is 0 Å². The molecule has 0 aliphatic carbocycles. The Hall–Kier alpha value is -1.36. The summed E-state index contributed by atoms with van der Waals surface area (Å²) in [4.78, 5) is 16.5. The largest absolute Gasteiger partial charge is 0.371 e. The predicted octanol–water partition coefficient (Wildman–Crippen LogP) is 1.91. The van der Waals surface area contributed by atoms with Crippen LogP contribution >= 0.6 is 0 Å². The Kier molecular flexibility index (Phi) is 3.54. The Morgan fingerprint density at radius 3 is 3.20 bits per heavy atom. The average Bonchev–Trinajstić information content (AvgIpc) is 2.97. The first-order chi connectivity index (χ1) is 9.55. The number of hydrogen-bond acceptors (Lipinski definition) is 3. The van der Waals surface area contributed by atoms with Gasteiger partial charge in [0.1, 0.15) is 11.5 Å². The number of nitrogens with zero attached hydrogens (tertiary/aromatic N) is 2. The molecule has 3 rings (SSSR count). The second kappa shape index (κ2) is 5.20. The van der Waals surface area contributed by atoms with Crippen LogP contribution in [0.4, 0.5) is 0 Å². The Labute approximate surface area is 119 Å². The molecule has 3 heterocycles. The summed E-state index contributed by atoms with van der Waals surface area (Å²) in [6, 6.07) is 0. The number of aryl methyl sites for hydroxylation is 1. The van der Waals surface area contributed by atoms with Crippen molar-refractivity contribution in [3.8, 4) is 0 Å². The Bertz CT molecular complexity index is 507. The first-order valence-electron chi connectivity index (χ1n) is 7.56. The highest BCUT2D eigenvalue weighted by molar-refractivity contribution is 5.92. The number of fused-ring (bicyclic) bond motifs is 1. The predicted molar refractivity (Wildman–Crippen MR) is 75.7 cm³/mol. The zero-order valence-corrected chi connectivity index (χ0v) is 12.3. The number of carbonyl (C=O) groups excluding carboxylic acids is 1. The number of carbonyl (C=O) groups is 1. The maximum Gasteiger partial charge on any atom is 0.269 e. The summed E-state index contributed by atoms with van der Waals surface area (Å²) in [5.74, 6) is 1.00. The normalized spacial score (nSPS) is 24.4. The number of rotatable bonds is 3. The van der Waals surface area contributed by atoms with Gasteiger partial charge in [0.25, 0.3) is 5.91 Å². The summed E-state index contributed by atoms with van der Waals surface area (Å²) in [5.41, 5.74) is 0.624. The molecule has 0 spiro atoms. The number of nitrogens with one attached hydrogen (secondary N) is 1. The van der Waals surface area contributed by atoms with E-state index in [1.165, 1.54) is 0 Å². The summed E-state index contributed by atoms with van der Waals surface area (Å²) >= 11 is 0. The van der Waals surface area contributed by atoms with Gasteiger partial charge in [-0.3, -0.25) is 4.79 Å². The van der Waals surface area contributed by atoms with E-state index in [0.717, 1.165) is 44.5 Å². The second-order valence-electron chi connectivity index (χ2n) is 6.42. The average molecular weight is 277 g/mol. The minimum atomic E-state index is -0.0640. The highest BCUT2D eigenvalue weighted by Crippen LogP contribution is 2.27. The van der Waals surface area contributed by atoms with Crippen molar-refractivity contribution in [2.75, 3.05) is 6.54 Å². The second-order valence-corrected chi connectivity index (χ2v) is 6.42. The van der Waals surface area contributed by atoms with Crippen LogP contribution in [0, 0.1) is 0 Å². The fraction of sp³-hybridized carbons (Fsp3) is 0.733. The van der Waals surface area contributed by atoms with E-state index in [4.69, 9.17) is 4.74 Å². The summed E-state index contributed by atoms with van der Waals surface area (Å²) in [5, 5.41) is 3.00. The first-order valence-corrected chi connectivity index (χ1v) is 7.56. The van der Waals surface area contributed by atoms with E-state index >= 15 is 0 Å². The van der Waals surface area contributed by atoms with Crippen LogP contribution in [-0.4, -0.2) is 33.7 Å². The monoisotopic (exact) mass is 277 g/mol. The van der Waals surface area contributed by atoms with Crippen LogP contribution in [0.3, 0.4) is 0 Å². The maximum atomic E-state index is 12.2. The van der Waals surface area contributed by atoms with E-state index in [-0.39, 0.29) is 17.6 Å². The van der Waals surface area contributed by atoms with Gasteiger partial charge in [-0.15, -0.1) is 0 Å². The van der Waals surface area contributed by atoms with Crippen LogP contribution in [0.2, 0.25) is 0 Å². The molecule has 1 N–H and O–H groups in total. The molecular formula is C15H23N3O2. The molecule has 20 heavy (non-hydrogen) atoms.